The van der Waals surface area contributed by atoms with Crippen molar-refractivity contribution in [2.24, 2.45) is 22.1 Å². The largest absolute Gasteiger partial charge is 0.391 e. The van der Waals surface area contributed by atoms with E-state index in [1.54, 1.807) is 0 Å². The van der Waals surface area contributed by atoms with Gasteiger partial charge in [-0.2, -0.15) is 5.11 Å². The normalized spacial score (nSPS) is 44.4. The molecular weight excluding hydrogens is 180 g/mol. The van der Waals surface area contributed by atoms with Crippen molar-refractivity contribution in [1.82, 2.24) is 10.6 Å². The van der Waals surface area contributed by atoms with Crippen LogP contribution in [0, 0.1) is 11.8 Å². The molecule has 1 saturated heterocycles. The van der Waals surface area contributed by atoms with E-state index in [1.807, 2.05) is 6.20 Å². The van der Waals surface area contributed by atoms with Gasteiger partial charge >= 0.3 is 0 Å². The van der Waals surface area contributed by atoms with Gasteiger partial charge in [0.05, 0.1) is 12.0 Å². The summed E-state index contributed by atoms with van der Waals surface area (Å²) >= 11 is 0. The number of hydrogen-bond donors (Lipinski definition) is 2. The third-order valence-electron chi connectivity index (χ3n) is 3.27. The molecule has 0 aromatic carbocycles. The number of carbonyl (C=O) groups is 1. The number of nitrogens with zero attached hydrogens (tertiary/aromatic N) is 2. The van der Waals surface area contributed by atoms with E-state index in [-0.39, 0.29) is 17.9 Å². The lowest BCUT2D eigenvalue weighted by molar-refractivity contribution is -0.121. The fourth-order valence-electron chi connectivity index (χ4n) is 2.48. The smallest absolute Gasteiger partial charge is 0.270 e. The molecule has 14 heavy (non-hydrogen) atoms. The number of azo groups is 1. The van der Waals surface area contributed by atoms with Crippen molar-refractivity contribution in [3.05, 3.63) is 12.3 Å². The Morgan fingerprint density at radius 3 is 3.29 bits per heavy atom. The van der Waals surface area contributed by atoms with Gasteiger partial charge in [0, 0.05) is 25.0 Å². The summed E-state index contributed by atoms with van der Waals surface area (Å²) in [6.07, 6.45) is 4.06. The van der Waals surface area contributed by atoms with E-state index in [2.05, 4.69) is 26.9 Å². The quantitative estimate of drug-likeness (QED) is 0.552. The summed E-state index contributed by atoms with van der Waals surface area (Å²) in [5.74, 6) is 0.286. The van der Waals surface area contributed by atoms with Crippen molar-refractivity contribution in [3.63, 3.8) is 0 Å². The maximum absolute atomic E-state index is 11.3. The first-order valence-corrected chi connectivity index (χ1v) is 4.94. The van der Waals surface area contributed by atoms with Crippen LogP contribution < -0.4 is 10.6 Å². The van der Waals surface area contributed by atoms with Crippen LogP contribution >= 0.6 is 0 Å². The van der Waals surface area contributed by atoms with Crippen molar-refractivity contribution in [2.45, 2.75) is 12.1 Å². The van der Waals surface area contributed by atoms with E-state index in [9.17, 15) is 4.79 Å². The van der Waals surface area contributed by atoms with Crippen molar-refractivity contribution in [1.29, 1.82) is 0 Å². The highest BCUT2D eigenvalue weighted by atomic mass is 16.2. The molecule has 4 atom stereocenters. The van der Waals surface area contributed by atoms with Crippen molar-refractivity contribution < 1.29 is 4.79 Å². The van der Waals surface area contributed by atoms with Crippen LogP contribution in [0.15, 0.2) is 22.5 Å². The summed E-state index contributed by atoms with van der Waals surface area (Å²) in [5.41, 5.74) is 0. The molecule has 3 heterocycles. The molecule has 5 nitrogen and oxygen atoms in total. The lowest BCUT2D eigenvalue weighted by Crippen LogP contribution is -2.56. The molecule has 2 N–H and O–H groups in total. The van der Waals surface area contributed by atoms with Crippen LogP contribution in [0.4, 0.5) is 0 Å². The van der Waals surface area contributed by atoms with Gasteiger partial charge in [-0.05, 0) is 6.20 Å². The highest BCUT2D eigenvalue weighted by molar-refractivity contribution is 5.82. The van der Waals surface area contributed by atoms with Gasteiger partial charge in [-0.25, -0.2) is 0 Å². The number of hydrogen-bond acceptors (Lipinski definition) is 4. The number of fused-ring (bicyclic) bond motifs is 3. The fraction of sp³-hybridized carbons (Fsp3) is 0.667. The van der Waals surface area contributed by atoms with Gasteiger partial charge in [-0.3, -0.25) is 4.79 Å². The minimum absolute atomic E-state index is 0.0236. The minimum Gasteiger partial charge on any atom is -0.391 e. The van der Waals surface area contributed by atoms with Gasteiger partial charge in [0.1, 0.15) is 0 Å². The monoisotopic (exact) mass is 192 g/mol. The topological polar surface area (TPSA) is 65.8 Å². The van der Waals surface area contributed by atoms with Gasteiger partial charge in [0.15, 0.2) is 0 Å². The average Bonchev–Trinajstić information content (AvgIpc) is 2.61. The summed E-state index contributed by atoms with van der Waals surface area (Å²) in [6.45, 7) is 1.59. The average molecular weight is 192 g/mol. The molecule has 3 aliphatic rings. The zero-order valence-corrected chi connectivity index (χ0v) is 7.68. The van der Waals surface area contributed by atoms with Crippen molar-refractivity contribution >= 4 is 5.91 Å². The molecule has 0 aliphatic carbocycles. The van der Waals surface area contributed by atoms with Crippen LogP contribution in [-0.2, 0) is 4.79 Å². The van der Waals surface area contributed by atoms with Crippen LogP contribution in [0.2, 0.25) is 0 Å². The number of nitrogens with one attached hydrogen (secondary N) is 2. The van der Waals surface area contributed by atoms with E-state index in [4.69, 9.17) is 0 Å². The first-order valence-electron chi connectivity index (χ1n) is 4.94. The molecule has 74 valence electrons. The molecule has 0 saturated carbocycles. The molecule has 3 aliphatic heterocycles. The molecule has 1 amide bonds. The number of rotatable bonds is 0. The molecule has 4 unspecified atom stereocenters. The van der Waals surface area contributed by atoms with E-state index < -0.39 is 0 Å². The first-order chi connectivity index (χ1) is 6.86. The predicted molar refractivity (Wildman–Crippen MR) is 49.6 cm³/mol. The Labute approximate surface area is 81.7 Å². The van der Waals surface area contributed by atoms with Crippen LogP contribution in [0.25, 0.3) is 0 Å². The number of piperidine rings is 1. The molecule has 5 heteroatoms. The van der Waals surface area contributed by atoms with E-state index in [0.29, 0.717) is 18.5 Å². The zero-order valence-electron chi connectivity index (χ0n) is 7.68. The minimum atomic E-state index is -0.0597. The van der Waals surface area contributed by atoms with Crippen LogP contribution in [-0.4, -0.2) is 31.1 Å². The second kappa shape index (κ2) is 2.88. The highest BCUT2D eigenvalue weighted by Gasteiger charge is 2.45. The lowest BCUT2D eigenvalue weighted by atomic mass is 9.79. The van der Waals surface area contributed by atoms with Gasteiger partial charge in [-0.15, -0.1) is 5.11 Å². The first kappa shape index (κ1) is 8.11. The molecule has 3 rings (SSSR count). The second-order valence-corrected chi connectivity index (χ2v) is 4.02. The van der Waals surface area contributed by atoms with E-state index in [0.717, 1.165) is 6.54 Å². The Morgan fingerprint density at radius 1 is 1.43 bits per heavy atom. The summed E-state index contributed by atoms with van der Waals surface area (Å²) in [6, 6.07) is 0.438. The number of amides is 1. The summed E-state index contributed by atoms with van der Waals surface area (Å²) in [4.78, 5) is 11.3. The number of carbonyl (C=O) groups excluding carboxylic acids is 1. The van der Waals surface area contributed by atoms with Crippen LogP contribution in [0.3, 0.4) is 0 Å². The van der Waals surface area contributed by atoms with Gasteiger partial charge in [-0.1, -0.05) is 6.08 Å². The molecule has 0 aromatic heterocycles. The molecular formula is C9H12N4O. The van der Waals surface area contributed by atoms with Gasteiger partial charge in [0.25, 0.3) is 5.91 Å². The third kappa shape index (κ3) is 1.02. The second-order valence-electron chi connectivity index (χ2n) is 4.02. The maximum Gasteiger partial charge on any atom is 0.270 e. The Morgan fingerprint density at radius 2 is 2.36 bits per heavy atom. The molecule has 0 bridgehead atoms. The van der Waals surface area contributed by atoms with E-state index >= 15 is 0 Å². The lowest BCUT2D eigenvalue weighted by Gasteiger charge is -2.38. The van der Waals surface area contributed by atoms with Crippen LogP contribution in [0.1, 0.15) is 0 Å². The highest BCUT2D eigenvalue weighted by Crippen LogP contribution is 2.31. The Kier molecular flexibility index (Phi) is 1.67. The standard InChI is InChI=1S/C9H12N4O/c14-9-6-4-11-7-1-2-10-3-5(7)8(6)12-13-9/h1-2,5-8,10-11H,3-4H2. The van der Waals surface area contributed by atoms with Gasteiger partial charge < -0.3 is 10.6 Å². The van der Waals surface area contributed by atoms with Crippen molar-refractivity contribution in [3.8, 4) is 0 Å². The molecule has 1 fully saturated rings. The Hall–Kier alpha value is -1.23. The molecule has 0 spiro atoms. The third-order valence-corrected chi connectivity index (χ3v) is 3.27. The van der Waals surface area contributed by atoms with E-state index in [1.165, 1.54) is 0 Å². The SMILES string of the molecule is O=C1N=NC2C1CNC1C=CNCC12. The van der Waals surface area contributed by atoms with Crippen molar-refractivity contribution in [2.75, 3.05) is 13.1 Å². The maximum atomic E-state index is 11.3. The Balaban J connectivity index is 1.89. The van der Waals surface area contributed by atoms with Gasteiger partial charge in [0.2, 0.25) is 0 Å². The zero-order chi connectivity index (χ0) is 9.54. The molecule has 0 aromatic rings. The summed E-state index contributed by atoms with van der Waals surface area (Å²) < 4.78 is 0. The fourth-order valence-corrected chi connectivity index (χ4v) is 2.48. The Bertz CT molecular complexity index is 325. The predicted octanol–water partition coefficient (Wildman–Crippen LogP) is -0.332. The summed E-state index contributed by atoms with van der Waals surface area (Å²) in [5, 5.41) is 14.3. The summed E-state index contributed by atoms with van der Waals surface area (Å²) in [7, 11) is 0. The van der Waals surface area contributed by atoms with Crippen LogP contribution in [0.5, 0.6) is 0 Å². The molecule has 0 radical (unpaired) electrons.